The number of hydrogen-bond acceptors (Lipinski definition) is 4. The van der Waals surface area contributed by atoms with Crippen LogP contribution in [0.25, 0.3) is 0 Å². The Kier molecular flexibility index (Phi) is 7.24. The molecule has 0 aromatic heterocycles. The minimum atomic E-state index is -0.980. The number of carbonyl (C=O) groups is 2. The Morgan fingerprint density at radius 3 is 2.89 bits per heavy atom. The molecule has 2 N–H and O–H groups in total. The van der Waals surface area contributed by atoms with Gasteiger partial charge in [0.2, 0.25) is 5.91 Å². The highest BCUT2D eigenvalue weighted by Gasteiger charge is 2.28. The van der Waals surface area contributed by atoms with Gasteiger partial charge in [-0.1, -0.05) is 24.3 Å². The van der Waals surface area contributed by atoms with Gasteiger partial charge in [-0.25, -0.2) is 4.79 Å². The summed E-state index contributed by atoms with van der Waals surface area (Å²) in [6.07, 6.45) is 5.83. The van der Waals surface area contributed by atoms with Gasteiger partial charge in [-0.05, 0) is 55.6 Å². The van der Waals surface area contributed by atoms with Gasteiger partial charge in [0.1, 0.15) is 6.04 Å². The van der Waals surface area contributed by atoms with E-state index in [0.29, 0.717) is 13.0 Å². The molecule has 1 saturated heterocycles. The van der Waals surface area contributed by atoms with Gasteiger partial charge in [-0.3, -0.25) is 4.79 Å². The summed E-state index contributed by atoms with van der Waals surface area (Å²) in [4.78, 5) is 23.8. The standard InChI is InChI=1S/C21H29NO5/c23-20(10-12-26-14-17-8-4-11-27-17)22-19(21(24)25)13-16-7-3-6-15-5-1-2-9-18(15)16/h1-2,5,9,16-17,19H,3-4,6-8,10-14H2,(H,22,23)(H,24,25). The topological polar surface area (TPSA) is 84.9 Å². The lowest BCUT2D eigenvalue weighted by Crippen LogP contribution is -2.42. The number of carboxylic acids is 1. The zero-order valence-corrected chi connectivity index (χ0v) is 15.7. The number of benzene rings is 1. The first-order chi connectivity index (χ1) is 13.1. The number of carboxylic acid groups (broad SMARTS) is 1. The van der Waals surface area contributed by atoms with E-state index >= 15 is 0 Å². The van der Waals surface area contributed by atoms with E-state index < -0.39 is 12.0 Å². The van der Waals surface area contributed by atoms with Gasteiger partial charge in [0.25, 0.3) is 0 Å². The van der Waals surface area contributed by atoms with Crippen LogP contribution < -0.4 is 5.32 Å². The van der Waals surface area contributed by atoms with Crippen LogP contribution in [0.1, 0.15) is 55.6 Å². The second kappa shape index (κ2) is 9.85. The molecule has 1 amide bonds. The van der Waals surface area contributed by atoms with Crippen molar-refractivity contribution in [2.75, 3.05) is 19.8 Å². The van der Waals surface area contributed by atoms with Crippen molar-refractivity contribution < 1.29 is 24.2 Å². The molecular formula is C21H29NO5. The summed E-state index contributed by atoms with van der Waals surface area (Å²) in [6.45, 7) is 1.55. The van der Waals surface area contributed by atoms with Crippen molar-refractivity contribution in [3.05, 3.63) is 35.4 Å². The largest absolute Gasteiger partial charge is 0.480 e. The van der Waals surface area contributed by atoms with Crippen LogP contribution in [0.4, 0.5) is 0 Å². The number of aliphatic carboxylic acids is 1. The Labute approximate surface area is 160 Å². The summed E-state index contributed by atoms with van der Waals surface area (Å²) >= 11 is 0. The molecule has 3 atom stereocenters. The third-order valence-corrected chi connectivity index (χ3v) is 5.45. The fourth-order valence-corrected chi connectivity index (χ4v) is 4.03. The highest BCUT2D eigenvalue weighted by Crippen LogP contribution is 2.34. The Balaban J connectivity index is 1.46. The van der Waals surface area contributed by atoms with E-state index in [4.69, 9.17) is 9.47 Å². The van der Waals surface area contributed by atoms with Crippen molar-refractivity contribution in [1.29, 1.82) is 0 Å². The summed E-state index contributed by atoms with van der Waals surface area (Å²) in [6, 6.07) is 7.34. The number of hydrogen-bond donors (Lipinski definition) is 2. The molecule has 1 aliphatic carbocycles. The number of aryl methyl sites for hydroxylation is 1. The van der Waals surface area contributed by atoms with Crippen LogP contribution in [0.15, 0.2) is 24.3 Å². The maximum absolute atomic E-state index is 12.2. The molecule has 3 unspecified atom stereocenters. The number of fused-ring (bicyclic) bond motifs is 1. The lowest BCUT2D eigenvalue weighted by Gasteiger charge is -2.28. The molecule has 0 bridgehead atoms. The molecule has 6 heteroatoms. The third-order valence-electron chi connectivity index (χ3n) is 5.45. The van der Waals surface area contributed by atoms with Crippen molar-refractivity contribution in [3.8, 4) is 0 Å². The summed E-state index contributed by atoms with van der Waals surface area (Å²) in [5, 5.41) is 12.2. The molecule has 0 spiro atoms. The van der Waals surface area contributed by atoms with E-state index in [1.165, 1.54) is 11.1 Å². The van der Waals surface area contributed by atoms with Gasteiger partial charge in [0.05, 0.1) is 19.3 Å². The Morgan fingerprint density at radius 1 is 1.26 bits per heavy atom. The second-order valence-electron chi connectivity index (χ2n) is 7.44. The van der Waals surface area contributed by atoms with E-state index in [2.05, 4.69) is 17.4 Å². The molecule has 3 rings (SSSR count). The van der Waals surface area contributed by atoms with Gasteiger partial charge in [-0.2, -0.15) is 0 Å². The van der Waals surface area contributed by atoms with E-state index in [9.17, 15) is 14.7 Å². The minimum absolute atomic E-state index is 0.131. The highest BCUT2D eigenvalue weighted by molar-refractivity contribution is 5.83. The molecule has 148 valence electrons. The molecule has 1 aromatic carbocycles. The zero-order valence-electron chi connectivity index (χ0n) is 15.7. The van der Waals surface area contributed by atoms with Crippen molar-refractivity contribution in [2.24, 2.45) is 0 Å². The smallest absolute Gasteiger partial charge is 0.326 e. The number of rotatable bonds is 9. The first kappa shape index (κ1) is 19.8. The first-order valence-electron chi connectivity index (χ1n) is 9.93. The van der Waals surface area contributed by atoms with Crippen LogP contribution in [-0.2, 0) is 25.5 Å². The summed E-state index contributed by atoms with van der Waals surface area (Å²) in [5.41, 5.74) is 2.52. The van der Waals surface area contributed by atoms with Crippen LogP contribution >= 0.6 is 0 Å². The zero-order chi connectivity index (χ0) is 19.1. The van der Waals surface area contributed by atoms with Crippen LogP contribution in [0.2, 0.25) is 0 Å². The Hall–Kier alpha value is -1.92. The van der Waals surface area contributed by atoms with Crippen molar-refractivity contribution in [2.45, 2.75) is 63.0 Å². The van der Waals surface area contributed by atoms with E-state index in [0.717, 1.165) is 38.7 Å². The lowest BCUT2D eigenvalue weighted by atomic mass is 9.79. The molecule has 6 nitrogen and oxygen atoms in total. The molecule has 1 aliphatic heterocycles. The van der Waals surface area contributed by atoms with Crippen molar-refractivity contribution in [1.82, 2.24) is 5.32 Å². The van der Waals surface area contributed by atoms with Gasteiger partial charge in [0, 0.05) is 13.0 Å². The van der Waals surface area contributed by atoms with Gasteiger partial charge >= 0.3 is 5.97 Å². The van der Waals surface area contributed by atoms with Crippen LogP contribution in [0, 0.1) is 0 Å². The van der Waals surface area contributed by atoms with Gasteiger partial charge in [-0.15, -0.1) is 0 Å². The summed E-state index contributed by atoms with van der Waals surface area (Å²) < 4.78 is 11.0. The van der Waals surface area contributed by atoms with Gasteiger partial charge < -0.3 is 19.9 Å². The molecular weight excluding hydrogens is 346 g/mol. The summed E-state index contributed by atoms with van der Waals surface area (Å²) in [7, 11) is 0. The molecule has 1 fully saturated rings. The lowest BCUT2D eigenvalue weighted by molar-refractivity contribution is -0.142. The quantitative estimate of drug-likeness (QED) is 0.648. The first-order valence-corrected chi connectivity index (χ1v) is 9.93. The molecule has 0 saturated carbocycles. The molecule has 2 aliphatic rings. The van der Waals surface area contributed by atoms with E-state index in [1.54, 1.807) is 0 Å². The predicted octanol–water partition coefficient (Wildman–Crippen LogP) is 2.65. The number of amides is 1. The Morgan fingerprint density at radius 2 is 2.11 bits per heavy atom. The third kappa shape index (κ3) is 5.78. The average Bonchev–Trinajstić information content (AvgIpc) is 3.18. The average molecular weight is 375 g/mol. The van der Waals surface area contributed by atoms with Crippen molar-refractivity contribution >= 4 is 11.9 Å². The van der Waals surface area contributed by atoms with Gasteiger partial charge in [0.15, 0.2) is 0 Å². The van der Waals surface area contributed by atoms with E-state index in [1.807, 2.05) is 12.1 Å². The molecule has 27 heavy (non-hydrogen) atoms. The number of carbonyl (C=O) groups excluding carboxylic acids is 1. The van der Waals surface area contributed by atoms with Crippen LogP contribution in [0.3, 0.4) is 0 Å². The fourth-order valence-electron chi connectivity index (χ4n) is 4.03. The van der Waals surface area contributed by atoms with Crippen LogP contribution in [0.5, 0.6) is 0 Å². The maximum atomic E-state index is 12.2. The molecule has 1 heterocycles. The van der Waals surface area contributed by atoms with E-state index in [-0.39, 0.29) is 31.0 Å². The molecule has 0 radical (unpaired) electrons. The maximum Gasteiger partial charge on any atom is 0.326 e. The monoisotopic (exact) mass is 375 g/mol. The fraction of sp³-hybridized carbons (Fsp3) is 0.619. The Bertz CT molecular complexity index is 641. The predicted molar refractivity (Wildman–Crippen MR) is 101 cm³/mol. The van der Waals surface area contributed by atoms with Crippen molar-refractivity contribution in [3.63, 3.8) is 0 Å². The van der Waals surface area contributed by atoms with Crippen LogP contribution in [-0.4, -0.2) is 48.9 Å². The number of ether oxygens (including phenoxy) is 2. The highest BCUT2D eigenvalue weighted by atomic mass is 16.5. The summed E-state index contributed by atoms with van der Waals surface area (Å²) in [5.74, 6) is -1.09. The SMILES string of the molecule is O=C(CCOCC1CCCO1)NC(CC1CCCc2ccccc21)C(=O)O. The number of nitrogens with one attached hydrogen (secondary N) is 1. The second-order valence-corrected chi connectivity index (χ2v) is 7.44. The molecule has 1 aromatic rings. The normalized spacial score (nSPS) is 22.8. The minimum Gasteiger partial charge on any atom is -0.480 e.